The molecule has 1 saturated heterocycles. The molecular weight excluding hydrogens is 356 g/mol. The van der Waals surface area contributed by atoms with Crippen molar-refractivity contribution < 1.29 is 13.2 Å². The minimum Gasteiger partial charge on any atom is -0.495 e. The number of benzene rings is 1. The number of rotatable bonds is 5. The summed E-state index contributed by atoms with van der Waals surface area (Å²) in [6, 6.07) is 5.06. The van der Waals surface area contributed by atoms with Gasteiger partial charge in [0.25, 0.3) is 0 Å². The third kappa shape index (κ3) is 3.77. The number of halogens is 1. The fraction of sp³-hybridized carbons (Fsp3) is 0.571. The van der Waals surface area contributed by atoms with E-state index in [1.807, 2.05) is 7.05 Å². The molecule has 1 N–H and O–H groups in total. The first-order chi connectivity index (χ1) is 9.98. The lowest BCUT2D eigenvalue weighted by molar-refractivity contribution is 0.262. The fourth-order valence-electron chi connectivity index (χ4n) is 2.69. The quantitative estimate of drug-likeness (QED) is 0.854. The summed E-state index contributed by atoms with van der Waals surface area (Å²) in [5, 5.41) is 3.13. The molecule has 1 atom stereocenters. The summed E-state index contributed by atoms with van der Waals surface area (Å²) >= 11 is 3.33. The molecular formula is C14H21BrN2O3S. The van der Waals surface area contributed by atoms with Crippen LogP contribution in [0.25, 0.3) is 0 Å². The van der Waals surface area contributed by atoms with Crippen LogP contribution in [0.15, 0.2) is 27.6 Å². The molecule has 0 aromatic heterocycles. The highest BCUT2D eigenvalue weighted by atomic mass is 79.9. The molecule has 1 heterocycles. The second-order valence-corrected chi connectivity index (χ2v) is 8.05. The molecule has 21 heavy (non-hydrogen) atoms. The molecule has 1 aliphatic rings. The average molecular weight is 377 g/mol. The minimum absolute atomic E-state index is 0.226. The Morgan fingerprint density at radius 3 is 2.90 bits per heavy atom. The van der Waals surface area contributed by atoms with Crippen molar-refractivity contribution in [3.05, 3.63) is 22.7 Å². The van der Waals surface area contributed by atoms with Crippen LogP contribution in [0.2, 0.25) is 0 Å². The highest BCUT2D eigenvalue weighted by Gasteiger charge is 2.32. The molecule has 1 aliphatic heterocycles. The second-order valence-electron chi connectivity index (χ2n) is 5.22. The van der Waals surface area contributed by atoms with Crippen LogP contribution in [0.5, 0.6) is 5.75 Å². The molecule has 118 valence electrons. The van der Waals surface area contributed by atoms with E-state index in [1.165, 1.54) is 7.11 Å². The summed E-state index contributed by atoms with van der Waals surface area (Å²) in [4.78, 5) is 0.226. The van der Waals surface area contributed by atoms with Gasteiger partial charge in [-0.3, -0.25) is 0 Å². The predicted molar refractivity (Wildman–Crippen MR) is 86.1 cm³/mol. The summed E-state index contributed by atoms with van der Waals surface area (Å²) in [7, 11) is -0.146. The molecule has 1 aromatic rings. The lowest BCUT2D eigenvalue weighted by Crippen LogP contribution is -2.42. The molecule has 0 amide bonds. The van der Waals surface area contributed by atoms with Crippen LogP contribution in [0.4, 0.5) is 0 Å². The first kappa shape index (κ1) is 16.7. The van der Waals surface area contributed by atoms with Crippen LogP contribution in [0.1, 0.15) is 12.8 Å². The van der Waals surface area contributed by atoms with Crippen LogP contribution in [0.3, 0.4) is 0 Å². The number of nitrogens with zero attached hydrogens (tertiary/aromatic N) is 1. The van der Waals surface area contributed by atoms with E-state index < -0.39 is 10.0 Å². The number of sulfonamides is 1. The Balaban J connectivity index is 2.31. The molecule has 1 aromatic carbocycles. The number of hydrogen-bond acceptors (Lipinski definition) is 4. The first-order valence-electron chi connectivity index (χ1n) is 6.97. The van der Waals surface area contributed by atoms with Crippen LogP contribution in [-0.2, 0) is 10.0 Å². The molecule has 0 radical (unpaired) electrons. The van der Waals surface area contributed by atoms with Gasteiger partial charge in [0.1, 0.15) is 10.6 Å². The highest BCUT2D eigenvalue weighted by molar-refractivity contribution is 9.10. The molecule has 0 aliphatic carbocycles. The Bertz CT molecular complexity index is 590. The summed E-state index contributed by atoms with van der Waals surface area (Å²) < 4.78 is 33.3. The zero-order valence-corrected chi connectivity index (χ0v) is 14.7. The SMILES string of the molecule is CNC[C@@H]1CCCN(S(=O)(=O)c2cc(Br)ccc2OC)C1. The maximum Gasteiger partial charge on any atom is 0.246 e. The zero-order chi connectivity index (χ0) is 15.5. The molecule has 0 bridgehead atoms. The maximum absolute atomic E-state index is 12.9. The third-order valence-electron chi connectivity index (χ3n) is 3.72. The van der Waals surface area contributed by atoms with E-state index in [-0.39, 0.29) is 4.90 Å². The monoisotopic (exact) mass is 376 g/mol. The number of nitrogens with one attached hydrogen (secondary N) is 1. The normalized spacial score (nSPS) is 20.4. The third-order valence-corrected chi connectivity index (χ3v) is 6.10. The van der Waals surface area contributed by atoms with Crippen molar-refractivity contribution in [2.24, 2.45) is 5.92 Å². The predicted octanol–water partition coefficient (Wildman–Crippen LogP) is 2.08. The van der Waals surface area contributed by atoms with Crippen LogP contribution in [-0.4, -0.2) is 46.5 Å². The number of hydrogen-bond donors (Lipinski definition) is 1. The topological polar surface area (TPSA) is 58.6 Å². The molecule has 0 spiro atoms. The highest BCUT2D eigenvalue weighted by Crippen LogP contribution is 2.31. The van der Waals surface area contributed by atoms with Gasteiger partial charge in [-0.15, -0.1) is 0 Å². The maximum atomic E-state index is 12.9. The standard InChI is InChI=1S/C14H21BrN2O3S/c1-16-9-11-4-3-7-17(10-11)21(18,19)14-8-12(15)5-6-13(14)20-2/h5-6,8,11,16H,3-4,7,9-10H2,1-2H3/t11-/m0/s1. The molecule has 0 saturated carbocycles. The van der Waals surface area contributed by atoms with E-state index in [1.54, 1.807) is 22.5 Å². The summed E-state index contributed by atoms with van der Waals surface area (Å²) in [5.74, 6) is 0.741. The molecule has 1 fully saturated rings. The smallest absolute Gasteiger partial charge is 0.246 e. The Morgan fingerprint density at radius 2 is 2.24 bits per heavy atom. The molecule has 5 nitrogen and oxygen atoms in total. The van der Waals surface area contributed by atoms with E-state index in [0.29, 0.717) is 24.8 Å². The lowest BCUT2D eigenvalue weighted by Gasteiger charge is -2.32. The number of piperidine rings is 1. The van der Waals surface area contributed by atoms with Gasteiger partial charge in [-0.25, -0.2) is 8.42 Å². The fourth-order valence-corrected chi connectivity index (χ4v) is 4.94. The van der Waals surface area contributed by atoms with Gasteiger partial charge in [-0.05, 0) is 50.6 Å². The van der Waals surface area contributed by atoms with Gasteiger partial charge < -0.3 is 10.1 Å². The van der Waals surface area contributed by atoms with Gasteiger partial charge in [0.2, 0.25) is 10.0 Å². The van der Waals surface area contributed by atoms with E-state index in [0.717, 1.165) is 23.9 Å². The van der Waals surface area contributed by atoms with Crippen LogP contribution < -0.4 is 10.1 Å². The average Bonchev–Trinajstić information content (AvgIpc) is 2.48. The minimum atomic E-state index is -3.53. The zero-order valence-electron chi connectivity index (χ0n) is 12.3. The van der Waals surface area contributed by atoms with Gasteiger partial charge in [0.05, 0.1) is 7.11 Å². The molecule has 7 heteroatoms. The van der Waals surface area contributed by atoms with Gasteiger partial charge >= 0.3 is 0 Å². The summed E-state index contributed by atoms with van der Waals surface area (Å²) in [6.45, 7) is 1.96. The van der Waals surface area contributed by atoms with E-state index in [4.69, 9.17) is 4.74 Å². The van der Waals surface area contributed by atoms with E-state index in [9.17, 15) is 8.42 Å². The summed E-state index contributed by atoms with van der Waals surface area (Å²) in [5.41, 5.74) is 0. The molecule has 2 rings (SSSR count). The Morgan fingerprint density at radius 1 is 1.48 bits per heavy atom. The van der Waals surface area contributed by atoms with Crippen LogP contribution >= 0.6 is 15.9 Å². The van der Waals surface area contributed by atoms with Crippen molar-refractivity contribution in [1.29, 1.82) is 0 Å². The van der Waals surface area contributed by atoms with Crippen molar-refractivity contribution >= 4 is 26.0 Å². The van der Waals surface area contributed by atoms with Gasteiger partial charge in [-0.1, -0.05) is 15.9 Å². The largest absolute Gasteiger partial charge is 0.495 e. The van der Waals surface area contributed by atoms with Crippen LogP contribution in [0, 0.1) is 5.92 Å². The Hall–Kier alpha value is -0.630. The van der Waals surface area contributed by atoms with Crippen molar-refractivity contribution in [2.45, 2.75) is 17.7 Å². The van der Waals surface area contributed by atoms with Gasteiger partial charge in [0.15, 0.2) is 0 Å². The number of methoxy groups -OCH3 is 1. The van der Waals surface area contributed by atoms with Gasteiger partial charge in [-0.2, -0.15) is 4.31 Å². The van der Waals surface area contributed by atoms with Gasteiger partial charge in [0, 0.05) is 17.6 Å². The van der Waals surface area contributed by atoms with Crippen molar-refractivity contribution in [2.75, 3.05) is 33.8 Å². The first-order valence-corrected chi connectivity index (χ1v) is 9.20. The lowest BCUT2D eigenvalue weighted by atomic mass is 10.00. The Kier molecular flexibility index (Phi) is 5.65. The number of ether oxygens (including phenoxy) is 1. The van der Waals surface area contributed by atoms with Crippen molar-refractivity contribution in [3.8, 4) is 5.75 Å². The summed E-state index contributed by atoms with van der Waals surface area (Å²) in [6.07, 6.45) is 1.95. The van der Waals surface area contributed by atoms with E-state index in [2.05, 4.69) is 21.2 Å². The molecule has 0 unspecified atom stereocenters. The Labute approximate surface area is 134 Å². The second kappa shape index (κ2) is 7.09. The van der Waals surface area contributed by atoms with E-state index >= 15 is 0 Å². The van der Waals surface area contributed by atoms with Crippen molar-refractivity contribution in [3.63, 3.8) is 0 Å². The van der Waals surface area contributed by atoms with Crippen molar-refractivity contribution in [1.82, 2.24) is 9.62 Å².